The van der Waals surface area contributed by atoms with Crippen molar-refractivity contribution in [1.29, 1.82) is 0 Å². The Labute approximate surface area is 210 Å². The minimum Gasteiger partial charge on any atom is -0.0622 e. The van der Waals surface area contributed by atoms with Gasteiger partial charge in [-0.05, 0) is 43.8 Å². The summed E-state index contributed by atoms with van der Waals surface area (Å²) in [7, 11) is -2.01. The SMILES string of the molecule is C[Si]1(C)C(/C=C/c2ccccc2)=C(c2ccccc2)C(c2ccccc2)=C1/C=C/c1ccccc1. The molecule has 0 saturated heterocycles. The van der Waals surface area contributed by atoms with Crippen LogP contribution in [0.25, 0.3) is 23.3 Å². The van der Waals surface area contributed by atoms with E-state index in [0.717, 1.165) is 0 Å². The first-order valence-corrected chi connectivity index (χ1v) is 15.2. The maximum atomic E-state index is 2.49. The summed E-state index contributed by atoms with van der Waals surface area (Å²) in [4.78, 5) is 0. The molecule has 0 fully saturated rings. The summed E-state index contributed by atoms with van der Waals surface area (Å²) in [6.45, 7) is 4.97. The summed E-state index contributed by atoms with van der Waals surface area (Å²) < 4.78 is 0. The standard InChI is InChI=1S/C34H30Si/c1-35(2)31(25-23-27-15-7-3-8-16-27)33(29-19-11-5-12-20-29)34(30-21-13-6-14-22-30)32(35)26-24-28-17-9-4-10-18-28/h3-26H,1-2H3/b25-23+,26-24+. The molecule has 0 amide bonds. The van der Waals surface area contributed by atoms with E-state index in [1.165, 1.54) is 43.8 Å². The maximum absolute atomic E-state index is 2.49. The highest BCUT2D eigenvalue weighted by Gasteiger charge is 2.40. The van der Waals surface area contributed by atoms with Crippen LogP contribution in [-0.2, 0) is 0 Å². The first kappa shape index (κ1) is 22.8. The number of allylic oxidation sites excluding steroid dienone is 6. The van der Waals surface area contributed by atoms with E-state index in [0.29, 0.717) is 0 Å². The second-order valence-electron chi connectivity index (χ2n) is 9.42. The zero-order valence-electron chi connectivity index (χ0n) is 20.4. The van der Waals surface area contributed by atoms with Crippen LogP contribution in [-0.4, -0.2) is 8.07 Å². The second-order valence-corrected chi connectivity index (χ2v) is 13.7. The molecule has 0 N–H and O–H groups in total. The number of hydrogen-bond acceptors (Lipinski definition) is 0. The molecule has 170 valence electrons. The Balaban J connectivity index is 1.75. The Morgan fingerprint density at radius 3 is 1.06 bits per heavy atom. The fourth-order valence-corrected chi connectivity index (χ4v) is 8.00. The lowest BCUT2D eigenvalue weighted by Gasteiger charge is -2.22. The molecule has 0 unspecified atom stereocenters. The molecular weight excluding hydrogens is 436 g/mol. The van der Waals surface area contributed by atoms with Gasteiger partial charge in [0, 0.05) is 0 Å². The molecule has 1 aliphatic heterocycles. The highest BCUT2D eigenvalue weighted by atomic mass is 28.3. The van der Waals surface area contributed by atoms with Crippen LogP contribution in [0.3, 0.4) is 0 Å². The van der Waals surface area contributed by atoms with Crippen molar-refractivity contribution in [3.63, 3.8) is 0 Å². The molecule has 5 rings (SSSR count). The topological polar surface area (TPSA) is 0 Å². The highest BCUT2D eigenvalue weighted by Crippen LogP contribution is 2.49. The van der Waals surface area contributed by atoms with Gasteiger partial charge in [0.2, 0.25) is 0 Å². The van der Waals surface area contributed by atoms with Crippen molar-refractivity contribution in [1.82, 2.24) is 0 Å². The Kier molecular flexibility index (Phi) is 6.61. The number of rotatable bonds is 6. The summed E-state index contributed by atoms with van der Waals surface area (Å²) >= 11 is 0. The fraction of sp³-hybridized carbons (Fsp3) is 0.0588. The molecule has 0 saturated carbocycles. The smallest absolute Gasteiger partial charge is 0.0622 e. The third-order valence-electron chi connectivity index (χ3n) is 6.74. The van der Waals surface area contributed by atoms with Crippen LogP contribution in [0.4, 0.5) is 0 Å². The third-order valence-corrected chi connectivity index (χ3v) is 10.3. The fourth-order valence-electron chi connectivity index (χ4n) is 4.92. The van der Waals surface area contributed by atoms with Gasteiger partial charge < -0.3 is 0 Å². The molecule has 0 aliphatic carbocycles. The number of benzene rings is 4. The molecule has 0 bridgehead atoms. The lowest BCUT2D eigenvalue weighted by molar-refractivity contribution is 1.58. The Morgan fingerprint density at radius 1 is 0.400 bits per heavy atom. The van der Waals surface area contributed by atoms with Crippen LogP contribution < -0.4 is 0 Å². The third kappa shape index (κ3) is 4.82. The van der Waals surface area contributed by atoms with Crippen molar-refractivity contribution >= 4 is 31.4 Å². The predicted molar refractivity (Wildman–Crippen MR) is 155 cm³/mol. The van der Waals surface area contributed by atoms with Crippen molar-refractivity contribution in [3.05, 3.63) is 166 Å². The zero-order valence-corrected chi connectivity index (χ0v) is 21.4. The van der Waals surface area contributed by atoms with E-state index in [9.17, 15) is 0 Å². The van der Waals surface area contributed by atoms with Crippen LogP contribution >= 0.6 is 0 Å². The normalized spacial score (nSPS) is 15.5. The van der Waals surface area contributed by atoms with Gasteiger partial charge in [0.25, 0.3) is 0 Å². The Hall–Kier alpha value is -3.94. The van der Waals surface area contributed by atoms with Gasteiger partial charge in [-0.2, -0.15) is 0 Å². The molecule has 35 heavy (non-hydrogen) atoms. The molecule has 0 atom stereocenters. The van der Waals surface area contributed by atoms with Gasteiger partial charge in [0.05, 0.1) is 0 Å². The van der Waals surface area contributed by atoms with E-state index < -0.39 is 8.07 Å². The van der Waals surface area contributed by atoms with Gasteiger partial charge in [-0.3, -0.25) is 0 Å². The summed E-state index contributed by atoms with van der Waals surface area (Å²) in [5.41, 5.74) is 7.76. The van der Waals surface area contributed by atoms with E-state index in [4.69, 9.17) is 0 Å². The Morgan fingerprint density at radius 2 is 0.714 bits per heavy atom. The number of hydrogen-bond donors (Lipinski definition) is 0. The van der Waals surface area contributed by atoms with Gasteiger partial charge in [-0.25, -0.2) is 0 Å². The van der Waals surface area contributed by atoms with E-state index in [2.05, 4.69) is 159 Å². The minimum absolute atomic E-state index is 1.23. The molecular formula is C34H30Si. The summed E-state index contributed by atoms with van der Waals surface area (Å²) in [6, 6.07) is 43.0. The van der Waals surface area contributed by atoms with Crippen LogP contribution in [0, 0.1) is 0 Å². The molecule has 0 aromatic heterocycles. The predicted octanol–water partition coefficient (Wildman–Crippen LogP) is 9.12. The van der Waals surface area contributed by atoms with Crippen molar-refractivity contribution in [2.24, 2.45) is 0 Å². The monoisotopic (exact) mass is 466 g/mol. The molecule has 0 nitrogen and oxygen atoms in total. The van der Waals surface area contributed by atoms with Crippen LogP contribution in [0.2, 0.25) is 13.1 Å². The molecule has 4 aromatic carbocycles. The van der Waals surface area contributed by atoms with Gasteiger partial charge in [0.1, 0.15) is 8.07 Å². The summed E-state index contributed by atoms with van der Waals surface area (Å²) in [5.74, 6) is 0. The average Bonchev–Trinajstić information content (AvgIpc) is 3.14. The quantitative estimate of drug-likeness (QED) is 0.249. The van der Waals surface area contributed by atoms with Gasteiger partial charge in [-0.15, -0.1) is 0 Å². The van der Waals surface area contributed by atoms with Gasteiger partial charge in [0.15, 0.2) is 0 Å². The summed E-state index contributed by atoms with van der Waals surface area (Å²) in [6.07, 6.45) is 9.32. The molecule has 0 spiro atoms. The van der Waals surface area contributed by atoms with E-state index >= 15 is 0 Å². The maximum Gasteiger partial charge on any atom is 0.113 e. The largest absolute Gasteiger partial charge is 0.113 e. The van der Waals surface area contributed by atoms with E-state index in [-0.39, 0.29) is 0 Å². The first-order chi connectivity index (χ1) is 17.1. The summed E-state index contributed by atoms with van der Waals surface area (Å²) in [5, 5.41) is 2.94. The van der Waals surface area contributed by atoms with Crippen molar-refractivity contribution in [2.75, 3.05) is 0 Å². The van der Waals surface area contributed by atoms with Crippen LogP contribution in [0.5, 0.6) is 0 Å². The van der Waals surface area contributed by atoms with E-state index in [1.54, 1.807) is 0 Å². The molecule has 1 heteroatoms. The molecule has 1 heterocycles. The minimum atomic E-state index is -2.01. The van der Waals surface area contributed by atoms with Crippen LogP contribution in [0.1, 0.15) is 22.3 Å². The van der Waals surface area contributed by atoms with Crippen molar-refractivity contribution in [2.45, 2.75) is 13.1 Å². The zero-order chi connectivity index (χ0) is 24.1. The lowest BCUT2D eigenvalue weighted by atomic mass is 9.91. The van der Waals surface area contributed by atoms with E-state index in [1.807, 2.05) is 0 Å². The van der Waals surface area contributed by atoms with Gasteiger partial charge >= 0.3 is 0 Å². The second kappa shape index (κ2) is 10.1. The van der Waals surface area contributed by atoms with Crippen molar-refractivity contribution in [3.8, 4) is 0 Å². The lowest BCUT2D eigenvalue weighted by Crippen LogP contribution is -2.28. The average molecular weight is 467 g/mol. The van der Waals surface area contributed by atoms with Gasteiger partial charge in [-0.1, -0.05) is 159 Å². The highest BCUT2D eigenvalue weighted by molar-refractivity contribution is 6.95. The molecule has 0 radical (unpaired) electrons. The molecule has 1 aliphatic rings. The van der Waals surface area contributed by atoms with Crippen molar-refractivity contribution < 1.29 is 0 Å². The first-order valence-electron chi connectivity index (χ1n) is 12.2. The van der Waals surface area contributed by atoms with Crippen LogP contribution in [0.15, 0.2) is 144 Å². The Bertz CT molecular complexity index is 1290. The molecule has 4 aromatic rings.